The fourth-order valence-corrected chi connectivity index (χ4v) is 4.98. The molecular weight excluding hydrogens is 356 g/mol. The van der Waals surface area contributed by atoms with Gasteiger partial charge in [-0.1, -0.05) is 0 Å². The number of thiophene rings is 1. The smallest absolute Gasteiger partial charge is 0.267 e. The third-order valence-electron chi connectivity index (χ3n) is 4.36. The molecule has 7 heteroatoms. The molecule has 0 radical (unpaired) electrons. The number of fused-ring (bicyclic) bond motifs is 2. The van der Waals surface area contributed by atoms with Gasteiger partial charge in [0.2, 0.25) is 6.79 Å². The van der Waals surface area contributed by atoms with Gasteiger partial charge in [0.15, 0.2) is 16.6 Å². The van der Waals surface area contributed by atoms with Crippen LogP contribution in [0, 0.1) is 0 Å². The van der Waals surface area contributed by atoms with Crippen LogP contribution in [-0.4, -0.2) is 17.7 Å². The predicted octanol–water partition coefficient (Wildman–Crippen LogP) is 4.34. The SMILES string of the molecule is O=C(Nc1nc(-c2ccc3c(c2)OCO3)cs1)c1cc2c(s1)CCC2. The molecule has 3 aromatic rings. The zero-order valence-corrected chi connectivity index (χ0v) is 14.8. The number of hydrogen-bond acceptors (Lipinski definition) is 6. The molecule has 5 rings (SSSR count). The lowest BCUT2D eigenvalue weighted by Crippen LogP contribution is -2.09. The van der Waals surface area contributed by atoms with Crippen molar-refractivity contribution in [3.05, 3.63) is 45.0 Å². The van der Waals surface area contributed by atoms with Gasteiger partial charge in [-0.15, -0.1) is 22.7 Å². The van der Waals surface area contributed by atoms with Crippen molar-refractivity contribution in [1.82, 2.24) is 4.98 Å². The van der Waals surface area contributed by atoms with Crippen molar-refractivity contribution in [2.45, 2.75) is 19.3 Å². The van der Waals surface area contributed by atoms with E-state index in [0.717, 1.165) is 40.5 Å². The summed E-state index contributed by atoms with van der Waals surface area (Å²) in [6, 6.07) is 7.75. The van der Waals surface area contributed by atoms with E-state index in [-0.39, 0.29) is 12.7 Å². The molecule has 3 heterocycles. The van der Waals surface area contributed by atoms with Gasteiger partial charge < -0.3 is 9.47 Å². The highest BCUT2D eigenvalue weighted by molar-refractivity contribution is 7.15. The number of carbonyl (C=O) groups is 1. The molecular formula is C18H14N2O3S2. The Morgan fingerprint density at radius 2 is 2.08 bits per heavy atom. The fraction of sp³-hybridized carbons (Fsp3) is 0.222. The van der Waals surface area contributed by atoms with Crippen LogP contribution in [0.3, 0.4) is 0 Å². The number of aromatic nitrogens is 1. The first-order chi connectivity index (χ1) is 12.3. The molecule has 1 amide bonds. The number of rotatable bonds is 3. The second-order valence-corrected chi connectivity index (χ2v) is 7.97. The summed E-state index contributed by atoms with van der Waals surface area (Å²) in [6.07, 6.45) is 3.39. The van der Waals surface area contributed by atoms with Crippen molar-refractivity contribution in [3.8, 4) is 22.8 Å². The summed E-state index contributed by atoms with van der Waals surface area (Å²) in [5.41, 5.74) is 3.08. The molecule has 2 aromatic heterocycles. The van der Waals surface area contributed by atoms with E-state index in [0.29, 0.717) is 5.13 Å². The van der Waals surface area contributed by atoms with Crippen LogP contribution >= 0.6 is 22.7 Å². The molecule has 1 N–H and O–H groups in total. The van der Waals surface area contributed by atoms with Gasteiger partial charge in [0.05, 0.1) is 10.6 Å². The minimum absolute atomic E-state index is 0.0778. The normalized spacial score (nSPS) is 14.6. The van der Waals surface area contributed by atoms with E-state index in [1.54, 1.807) is 11.3 Å². The maximum absolute atomic E-state index is 12.4. The molecule has 2 aliphatic rings. The molecule has 0 spiro atoms. The van der Waals surface area contributed by atoms with Crippen molar-refractivity contribution < 1.29 is 14.3 Å². The van der Waals surface area contributed by atoms with E-state index in [9.17, 15) is 4.79 Å². The van der Waals surface area contributed by atoms with Crippen LogP contribution in [0.25, 0.3) is 11.3 Å². The third kappa shape index (κ3) is 2.69. The lowest BCUT2D eigenvalue weighted by molar-refractivity contribution is 0.103. The van der Waals surface area contributed by atoms with E-state index in [1.165, 1.54) is 28.2 Å². The topological polar surface area (TPSA) is 60.5 Å². The van der Waals surface area contributed by atoms with Crippen LogP contribution in [0.1, 0.15) is 26.5 Å². The number of anilines is 1. The molecule has 0 unspecified atom stereocenters. The number of ether oxygens (including phenoxy) is 2. The van der Waals surface area contributed by atoms with E-state index in [1.807, 2.05) is 29.6 Å². The minimum atomic E-state index is -0.0778. The van der Waals surface area contributed by atoms with Gasteiger partial charge in [0, 0.05) is 15.8 Å². The average molecular weight is 370 g/mol. The van der Waals surface area contributed by atoms with E-state index in [2.05, 4.69) is 10.3 Å². The number of nitrogens with zero attached hydrogens (tertiary/aromatic N) is 1. The van der Waals surface area contributed by atoms with Crippen molar-refractivity contribution in [2.24, 2.45) is 0 Å². The Labute approximate surface area is 152 Å². The molecule has 0 bridgehead atoms. The summed E-state index contributed by atoms with van der Waals surface area (Å²) >= 11 is 3.02. The number of benzene rings is 1. The zero-order chi connectivity index (χ0) is 16.8. The van der Waals surface area contributed by atoms with Crippen LogP contribution in [0.4, 0.5) is 5.13 Å². The van der Waals surface area contributed by atoms with Crippen LogP contribution in [-0.2, 0) is 12.8 Å². The molecule has 1 aromatic carbocycles. The standard InChI is InChI=1S/C18H14N2O3S2/c21-17(16-7-11-2-1-3-15(11)25-16)20-18-19-12(8-24-18)10-4-5-13-14(6-10)23-9-22-13/h4-8H,1-3,9H2,(H,19,20,21). The third-order valence-corrected chi connectivity index (χ3v) is 6.36. The number of nitrogens with one attached hydrogen (secondary N) is 1. The van der Waals surface area contributed by atoms with Crippen LogP contribution < -0.4 is 14.8 Å². The Balaban J connectivity index is 1.34. The number of aryl methyl sites for hydroxylation is 2. The maximum atomic E-state index is 12.4. The quantitative estimate of drug-likeness (QED) is 0.745. The minimum Gasteiger partial charge on any atom is -0.454 e. The second-order valence-electron chi connectivity index (χ2n) is 5.97. The molecule has 5 nitrogen and oxygen atoms in total. The first kappa shape index (κ1) is 14.9. The predicted molar refractivity (Wildman–Crippen MR) is 98.0 cm³/mol. The lowest BCUT2D eigenvalue weighted by Gasteiger charge is -2.00. The Bertz CT molecular complexity index is 955. The Morgan fingerprint density at radius 1 is 1.16 bits per heavy atom. The molecule has 1 aliphatic heterocycles. The molecule has 0 saturated carbocycles. The van der Waals surface area contributed by atoms with Gasteiger partial charge in [-0.25, -0.2) is 4.98 Å². The summed E-state index contributed by atoms with van der Waals surface area (Å²) in [4.78, 5) is 19.1. The van der Waals surface area contributed by atoms with Crippen molar-refractivity contribution in [2.75, 3.05) is 12.1 Å². The molecule has 0 fully saturated rings. The first-order valence-corrected chi connectivity index (χ1v) is 9.74. The molecule has 0 saturated heterocycles. The highest BCUT2D eigenvalue weighted by Gasteiger charge is 2.20. The summed E-state index contributed by atoms with van der Waals surface area (Å²) in [6.45, 7) is 0.252. The van der Waals surface area contributed by atoms with E-state index in [4.69, 9.17) is 9.47 Å². The number of carbonyl (C=O) groups excluding carboxylic acids is 1. The lowest BCUT2D eigenvalue weighted by atomic mass is 10.1. The summed E-state index contributed by atoms with van der Waals surface area (Å²) < 4.78 is 10.7. The Morgan fingerprint density at radius 3 is 3.00 bits per heavy atom. The van der Waals surface area contributed by atoms with Gasteiger partial charge in [-0.05, 0) is 49.1 Å². The molecule has 1 aliphatic carbocycles. The number of thiazole rings is 1. The number of hydrogen-bond donors (Lipinski definition) is 1. The van der Waals surface area contributed by atoms with Gasteiger partial charge in [-0.3, -0.25) is 10.1 Å². The van der Waals surface area contributed by atoms with Gasteiger partial charge in [0.25, 0.3) is 5.91 Å². The second kappa shape index (κ2) is 5.86. The van der Waals surface area contributed by atoms with Crippen molar-refractivity contribution in [1.29, 1.82) is 0 Å². The van der Waals surface area contributed by atoms with Gasteiger partial charge >= 0.3 is 0 Å². The monoisotopic (exact) mass is 370 g/mol. The highest BCUT2D eigenvalue weighted by atomic mass is 32.1. The van der Waals surface area contributed by atoms with Crippen molar-refractivity contribution in [3.63, 3.8) is 0 Å². The Kier molecular flexibility index (Phi) is 3.50. The van der Waals surface area contributed by atoms with Gasteiger partial charge in [0.1, 0.15) is 0 Å². The largest absolute Gasteiger partial charge is 0.454 e. The average Bonchev–Trinajstić information content (AvgIpc) is 3.36. The first-order valence-electron chi connectivity index (χ1n) is 8.05. The molecule has 25 heavy (non-hydrogen) atoms. The number of amides is 1. The maximum Gasteiger partial charge on any atom is 0.267 e. The summed E-state index contributed by atoms with van der Waals surface area (Å²) in [7, 11) is 0. The van der Waals surface area contributed by atoms with Gasteiger partial charge in [-0.2, -0.15) is 0 Å². The highest BCUT2D eigenvalue weighted by Crippen LogP contribution is 2.37. The van der Waals surface area contributed by atoms with Crippen LogP contribution in [0.5, 0.6) is 11.5 Å². The Hall–Kier alpha value is -2.38. The zero-order valence-electron chi connectivity index (χ0n) is 13.2. The summed E-state index contributed by atoms with van der Waals surface area (Å²) in [5, 5.41) is 5.45. The fourth-order valence-electron chi connectivity index (χ4n) is 3.12. The molecule has 0 atom stereocenters. The van der Waals surface area contributed by atoms with Crippen LogP contribution in [0.15, 0.2) is 29.6 Å². The van der Waals surface area contributed by atoms with E-state index >= 15 is 0 Å². The summed E-state index contributed by atoms with van der Waals surface area (Å²) in [5.74, 6) is 1.40. The van der Waals surface area contributed by atoms with Crippen molar-refractivity contribution >= 4 is 33.7 Å². The van der Waals surface area contributed by atoms with E-state index < -0.39 is 0 Å². The molecule has 126 valence electrons. The van der Waals surface area contributed by atoms with Crippen LogP contribution in [0.2, 0.25) is 0 Å².